The Bertz CT molecular complexity index is 1320. The number of rotatable bonds is 8. The van der Waals surface area contributed by atoms with Crippen molar-refractivity contribution < 1.29 is 31.9 Å². The first-order valence-corrected chi connectivity index (χ1v) is 11.3. The number of hydrogen-bond donors (Lipinski definition) is 1. The smallest absolute Gasteiger partial charge is 0.308 e. The van der Waals surface area contributed by atoms with Crippen molar-refractivity contribution in [2.75, 3.05) is 20.8 Å². The topological polar surface area (TPSA) is 142 Å². The average molecular weight is 472 g/mol. The number of carbonyl (C=O) groups excluding carboxylic acids is 1. The summed E-state index contributed by atoms with van der Waals surface area (Å²) in [6.45, 7) is -0.167. The van der Waals surface area contributed by atoms with Crippen LogP contribution < -0.4 is 14.2 Å². The number of methoxy groups -OCH3 is 2. The van der Waals surface area contributed by atoms with Gasteiger partial charge in [0.15, 0.2) is 6.61 Å². The number of aromatic nitrogens is 2. The third-order valence-electron chi connectivity index (χ3n) is 4.72. The van der Waals surface area contributed by atoms with E-state index >= 15 is 0 Å². The van der Waals surface area contributed by atoms with Crippen LogP contribution in [0.3, 0.4) is 0 Å². The number of aliphatic imine (C=N–C) groups is 1. The number of sulfonamides is 1. The van der Waals surface area contributed by atoms with Gasteiger partial charge in [-0.25, -0.2) is 8.42 Å². The fourth-order valence-electron chi connectivity index (χ4n) is 3.13. The van der Waals surface area contributed by atoms with Crippen LogP contribution in [0.5, 0.6) is 11.5 Å². The number of carbonyl (C=O) groups is 1. The van der Waals surface area contributed by atoms with Crippen molar-refractivity contribution in [1.82, 2.24) is 14.9 Å². The summed E-state index contributed by atoms with van der Waals surface area (Å²) in [5.74, 6) is 1.16. The standard InChI is InChI=1S/C21H20N4O7S/c1-29-13-7-8-14(16(11-13)30-2)21-23-18(32-24-21)12-31-19(26)9-10-22-20-15-5-3-4-6-17(15)33(27,28)25-20/h3-8,11H,9-10,12H2,1-2H3,(H,22,25). The third-order valence-corrected chi connectivity index (χ3v) is 6.12. The first-order chi connectivity index (χ1) is 15.9. The second-order valence-electron chi connectivity index (χ2n) is 6.82. The van der Waals surface area contributed by atoms with Crippen LogP contribution in [0.2, 0.25) is 0 Å². The van der Waals surface area contributed by atoms with Gasteiger partial charge in [0.05, 0.1) is 37.6 Å². The quantitative estimate of drug-likeness (QED) is 0.487. The van der Waals surface area contributed by atoms with E-state index in [1.165, 1.54) is 13.2 Å². The fourth-order valence-corrected chi connectivity index (χ4v) is 4.38. The van der Waals surface area contributed by atoms with Gasteiger partial charge in [0.2, 0.25) is 5.82 Å². The molecule has 1 aliphatic rings. The maximum absolute atomic E-state index is 12.1. The minimum absolute atomic E-state index is 0.0448. The van der Waals surface area contributed by atoms with Gasteiger partial charge in [-0.1, -0.05) is 17.3 Å². The van der Waals surface area contributed by atoms with Gasteiger partial charge in [-0.15, -0.1) is 0 Å². The molecule has 0 saturated heterocycles. The Kier molecular flexibility index (Phi) is 6.27. The Labute approximate surface area is 189 Å². The Morgan fingerprint density at radius 2 is 1.94 bits per heavy atom. The summed E-state index contributed by atoms with van der Waals surface area (Å²) in [5, 5.41) is 3.89. The molecule has 0 saturated carbocycles. The second kappa shape index (κ2) is 9.28. The molecule has 0 atom stereocenters. The third kappa shape index (κ3) is 4.80. The summed E-state index contributed by atoms with van der Waals surface area (Å²) in [6, 6.07) is 11.6. The molecule has 172 valence electrons. The first-order valence-electron chi connectivity index (χ1n) is 9.78. The molecule has 0 fully saturated rings. The largest absolute Gasteiger partial charge is 0.497 e. The minimum atomic E-state index is -3.62. The Balaban J connectivity index is 1.33. The Hall–Kier alpha value is -3.93. The number of hydrogen-bond acceptors (Lipinski definition) is 10. The van der Waals surface area contributed by atoms with Gasteiger partial charge in [-0.05, 0) is 24.3 Å². The molecule has 0 amide bonds. The van der Waals surface area contributed by atoms with E-state index in [0.717, 1.165) is 0 Å². The van der Waals surface area contributed by atoms with E-state index in [-0.39, 0.29) is 42.0 Å². The molecule has 11 nitrogen and oxygen atoms in total. The summed E-state index contributed by atoms with van der Waals surface area (Å²) in [4.78, 5) is 20.6. The summed E-state index contributed by atoms with van der Waals surface area (Å²) >= 11 is 0. The number of ether oxygens (including phenoxy) is 3. The number of esters is 1. The SMILES string of the molecule is COc1ccc(-c2noc(COC(=O)CCN=C3NS(=O)(=O)c4ccccc43)n2)c(OC)c1. The Morgan fingerprint density at radius 1 is 1.12 bits per heavy atom. The van der Waals surface area contributed by atoms with Crippen molar-refractivity contribution in [1.29, 1.82) is 0 Å². The highest BCUT2D eigenvalue weighted by molar-refractivity contribution is 7.90. The zero-order valence-electron chi connectivity index (χ0n) is 17.8. The fraction of sp³-hybridized carbons (Fsp3) is 0.238. The molecule has 3 aromatic rings. The normalized spacial score (nSPS) is 15.0. The molecular weight excluding hydrogens is 452 g/mol. The number of fused-ring (bicyclic) bond motifs is 1. The summed E-state index contributed by atoms with van der Waals surface area (Å²) in [6.07, 6.45) is -0.0549. The predicted octanol–water partition coefficient (Wildman–Crippen LogP) is 1.93. The highest BCUT2D eigenvalue weighted by atomic mass is 32.2. The van der Waals surface area contributed by atoms with Crippen LogP contribution in [-0.4, -0.2) is 51.1 Å². The molecule has 2 heterocycles. The number of nitrogens with one attached hydrogen (secondary N) is 1. The van der Waals surface area contributed by atoms with Gasteiger partial charge >= 0.3 is 5.97 Å². The van der Waals surface area contributed by atoms with E-state index in [2.05, 4.69) is 19.9 Å². The van der Waals surface area contributed by atoms with Gasteiger partial charge in [0.1, 0.15) is 17.3 Å². The average Bonchev–Trinajstić information content (AvgIpc) is 3.40. The molecule has 2 aromatic carbocycles. The van der Waals surface area contributed by atoms with Crippen LogP contribution in [0.4, 0.5) is 0 Å². The molecule has 0 bridgehead atoms. The van der Waals surface area contributed by atoms with Crippen LogP contribution in [-0.2, 0) is 26.2 Å². The molecule has 0 unspecified atom stereocenters. The molecular formula is C21H20N4O7S. The van der Waals surface area contributed by atoms with E-state index in [1.807, 2.05) is 0 Å². The van der Waals surface area contributed by atoms with Crippen LogP contribution in [0.25, 0.3) is 11.4 Å². The molecule has 12 heteroatoms. The maximum atomic E-state index is 12.1. The number of benzene rings is 2. The van der Waals surface area contributed by atoms with E-state index < -0.39 is 16.0 Å². The van der Waals surface area contributed by atoms with Gasteiger partial charge in [0.25, 0.3) is 15.9 Å². The van der Waals surface area contributed by atoms with Gasteiger partial charge < -0.3 is 18.7 Å². The van der Waals surface area contributed by atoms with Crippen LogP contribution in [0, 0.1) is 0 Å². The lowest BCUT2D eigenvalue weighted by Gasteiger charge is -2.07. The first kappa shape index (κ1) is 22.3. The van der Waals surface area contributed by atoms with E-state index in [4.69, 9.17) is 18.7 Å². The van der Waals surface area contributed by atoms with E-state index in [0.29, 0.717) is 22.6 Å². The Morgan fingerprint density at radius 3 is 2.73 bits per heavy atom. The monoisotopic (exact) mass is 472 g/mol. The molecule has 1 aromatic heterocycles. The lowest BCUT2D eigenvalue weighted by Crippen LogP contribution is -2.22. The lowest BCUT2D eigenvalue weighted by atomic mass is 10.2. The van der Waals surface area contributed by atoms with Crippen molar-refractivity contribution in [3.8, 4) is 22.9 Å². The number of nitrogens with zero attached hydrogens (tertiary/aromatic N) is 3. The van der Waals surface area contributed by atoms with E-state index in [9.17, 15) is 13.2 Å². The van der Waals surface area contributed by atoms with Gasteiger partial charge in [-0.2, -0.15) is 4.98 Å². The predicted molar refractivity (Wildman–Crippen MR) is 115 cm³/mol. The zero-order chi connectivity index (χ0) is 23.4. The van der Waals surface area contributed by atoms with Crippen molar-refractivity contribution in [3.05, 3.63) is 53.9 Å². The number of amidine groups is 1. The molecule has 4 rings (SSSR count). The van der Waals surface area contributed by atoms with Crippen molar-refractivity contribution in [2.24, 2.45) is 4.99 Å². The zero-order valence-corrected chi connectivity index (χ0v) is 18.6. The molecule has 0 spiro atoms. The maximum Gasteiger partial charge on any atom is 0.308 e. The molecule has 0 aliphatic carbocycles. The summed E-state index contributed by atoms with van der Waals surface area (Å²) < 4.78 is 47.3. The summed E-state index contributed by atoms with van der Waals surface area (Å²) in [7, 11) is -0.561. The minimum Gasteiger partial charge on any atom is -0.497 e. The molecule has 1 N–H and O–H groups in total. The van der Waals surface area contributed by atoms with Crippen LogP contribution in [0.1, 0.15) is 17.9 Å². The van der Waals surface area contributed by atoms with Crippen molar-refractivity contribution in [3.63, 3.8) is 0 Å². The highest BCUT2D eigenvalue weighted by Gasteiger charge is 2.30. The van der Waals surface area contributed by atoms with Gasteiger partial charge in [0, 0.05) is 11.6 Å². The highest BCUT2D eigenvalue weighted by Crippen LogP contribution is 2.31. The molecule has 1 aliphatic heterocycles. The van der Waals surface area contributed by atoms with Gasteiger partial charge in [-0.3, -0.25) is 14.5 Å². The van der Waals surface area contributed by atoms with Crippen LogP contribution >= 0.6 is 0 Å². The van der Waals surface area contributed by atoms with Crippen LogP contribution in [0.15, 0.2) is 56.9 Å². The van der Waals surface area contributed by atoms with Crippen molar-refractivity contribution in [2.45, 2.75) is 17.9 Å². The molecule has 33 heavy (non-hydrogen) atoms. The molecule has 0 radical (unpaired) electrons. The van der Waals surface area contributed by atoms with E-state index in [1.54, 1.807) is 43.5 Å². The van der Waals surface area contributed by atoms with Crippen molar-refractivity contribution >= 4 is 21.8 Å². The second-order valence-corrected chi connectivity index (χ2v) is 8.47. The lowest BCUT2D eigenvalue weighted by molar-refractivity contribution is -0.145. The summed E-state index contributed by atoms with van der Waals surface area (Å²) in [5.41, 5.74) is 1.06.